The highest BCUT2D eigenvalue weighted by atomic mass is 16.4. The normalized spacial score (nSPS) is 35.4. The molecule has 96 valence electrons. The van der Waals surface area contributed by atoms with Crippen LogP contribution < -0.4 is 5.73 Å². The summed E-state index contributed by atoms with van der Waals surface area (Å²) in [6.07, 6.45) is 5.89. The molecule has 0 aliphatic heterocycles. The standard InChI is InChI=1S/C14H23NO2/c1-9(2)3-10-4-11-6-14(8-15,7-13(16)17)12(11)5-10/h5,9,11-12H,3-4,6-8,15H2,1-2H3,(H,16,17)/t11-,12?,14-/m0/s1. The molecule has 3 atom stereocenters. The van der Waals surface area contributed by atoms with Crippen molar-refractivity contribution in [3.05, 3.63) is 11.6 Å². The predicted molar refractivity (Wildman–Crippen MR) is 67.5 cm³/mol. The van der Waals surface area contributed by atoms with E-state index in [-0.39, 0.29) is 11.8 Å². The number of hydrogen-bond acceptors (Lipinski definition) is 2. The maximum atomic E-state index is 10.9. The fourth-order valence-electron chi connectivity index (χ4n) is 3.75. The van der Waals surface area contributed by atoms with Crippen molar-refractivity contribution in [2.24, 2.45) is 28.9 Å². The number of aliphatic carboxylic acids is 1. The predicted octanol–water partition coefficient (Wildman–Crippen LogP) is 2.42. The van der Waals surface area contributed by atoms with E-state index in [1.54, 1.807) is 0 Å². The molecular weight excluding hydrogens is 214 g/mol. The molecule has 1 saturated carbocycles. The van der Waals surface area contributed by atoms with Gasteiger partial charge >= 0.3 is 5.97 Å². The Kier molecular flexibility index (Phi) is 3.30. The molecule has 0 aromatic rings. The summed E-state index contributed by atoms with van der Waals surface area (Å²) in [7, 11) is 0. The molecule has 1 unspecified atom stereocenters. The van der Waals surface area contributed by atoms with Gasteiger partial charge in [-0.1, -0.05) is 25.5 Å². The van der Waals surface area contributed by atoms with Gasteiger partial charge in [0.2, 0.25) is 0 Å². The molecular formula is C14H23NO2. The minimum absolute atomic E-state index is 0.144. The van der Waals surface area contributed by atoms with Gasteiger partial charge in [0.1, 0.15) is 0 Å². The van der Waals surface area contributed by atoms with Crippen LogP contribution in [0.4, 0.5) is 0 Å². The molecule has 0 spiro atoms. The van der Waals surface area contributed by atoms with Crippen LogP contribution in [0, 0.1) is 23.2 Å². The summed E-state index contributed by atoms with van der Waals surface area (Å²) in [6.45, 7) is 4.97. The van der Waals surface area contributed by atoms with Crippen molar-refractivity contribution in [1.82, 2.24) is 0 Å². The molecule has 2 rings (SSSR count). The number of nitrogens with two attached hydrogens (primary N) is 1. The number of carboxylic acids is 1. The summed E-state index contributed by atoms with van der Waals surface area (Å²) in [6, 6.07) is 0. The highest BCUT2D eigenvalue weighted by molar-refractivity contribution is 5.68. The Morgan fingerprint density at radius 1 is 1.65 bits per heavy atom. The van der Waals surface area contributed by atoms with Crippen LogP contribution in [0.1, 0.15) is 39.5 Å². The van der Waals surface area contributed by atoms with Gasteiger partial charge in [0.05, 0.1) is 6.42 Å². The van der Waals surface area contributed by atoms with E-state index >= 15 is 0 Å². The van der Waals surface area contributed by atoms with Crippen molar-refractivity contribution < 1.29 is 9.90 Å². The van der Waals surface area contributed by atoms with Gasteiger partial charge in [0.25, 0.3) is 0 Å². The van der Waals surface area contributed by atoms with Crippen LogP contribution in [0.3, 0.4) is 0 Å². The van der Waals surface area contributed by atoms with Gasteiger partial charge in [-0.15, -0.1) is 0 Å². The van der Waals surface area contributed by atoms with Crippen LogP contribution >= 0.6 is 0 Å². The van der Waals surface area contributed by atoms with Crippen molar-refractivity contribution in [1.29, 1.82) is 0 Å². The lowest BCUT2D eigenvalue weighted by Gasteiger charge is -2.51. The van der Waals surface area contributed by atoms with E-state index in [0.29, 0.717) is 24.3 Å². The number of hydrogen-bond donors (Lipinski definition) is 2. The van der Waals surface area contributed by atoms with E-state index in [1.807, 2.05) is 0 Å². The molecule has 1 fully saturated rings. The third kappa shape index (κ3) is 2.25. The summed E-state index contributed by atoms with van der Waals surface area (Å²) >= 11 is 0. The number of allylic oxidation sites excluding steroid dienone is 2. The van der Waals surface area contributed by atoms with Crippen molar-refractivity contribution in [3.63, 3.8) is 0 Å². The second-order valence-electron chi connectivity index (χ2n) is 6.25. The summed E-state index contributed by atoms with van der Waals surface area (Å²) in [5, 5.41) is 9.00. The summed E-state index contributed by atoms with van der Waals surface area (Å²) in [5.74, 6) is 1.08. The molecule has 0 amide bonds. The Bertz CT molecular complexity index is 348. The van der Waals surface area contributed by atoms with Crippen molar-refractivity contribution >= 4 is 5.97 Å². The molecule has 0 radical (unpaired) electrons. The minimum atomic E-state index is -0.709. The maximum Gasteiger partial charge on any atom is 0.303 e. The quantitative estimate of drug-likeness (QED) is 0.722. The lowest BCUT2D eigenvalue weighted by atomic mass is 9.53. The maximum absolute atomic E-state index is 10.9. The minimum Gasteiger partial charge on any atom is -0.481 e. The van der Waals surface area contributed by atoms with Crippen LogP contribution in [0.15, 0.2) is 11.6 Å². The van der Waals surface area contributed by atoms with Gasteiger partial charge in [0, 0.05) is 0 Å². The first-order valence-electron chi connectivity index (χ1n) is 6.58. The Labute approximate surface area is 103 Å². The molecule has 0 heterocycles. The molecule has 2 aliphatic carbocycles. The number of carbonyl (C=O) groups is 1. The first-order valence-corrected chi connectivity index (χ1v) is 6.58. The Morgan fingerprint density at radius 2 is 2.35 bits per heavy atom. The van der Waals surface area contributed by atoms with Crippen molar-refractivity contribution in [2.45, 2.75) is 39.5 Å². The summed E-state index contributed by atoms with van der Waals surface area (Å²) in [5.41, 5.74) is 7.21. The Balaban J connectivity index is 2.06. The number of fused-ring (bicyclic) bond motifs is 1. The number of carboxylic acid groups (broad SMARTS) is 1. The van der Waals surface area contributed by atoms with E-state index in [2.05, 4.69) is 19.9 Å². The fraction of sp³-hybridized carbons (Fsp3) is 0.786. The van der Waals surface area contributed by atoms with Gasteiger partial charge in [-0.25, -0.2) is 0 Å². The first kappa shape index (κ1) is 12.6. The smallest absolute Gasteiger partial charge is 0.303 e. The Hall–Kier alpha value is -0.830. The fourth-order valence-corrected chi connectivity index (χ4v) is 3.75. The summed E-state index contributed by atoms with van der Waals surface area (Å²) in [4.78, 5) is 10.9. The van der Waals surface area contributed by atoms with Crippen molar-refractivity contribution in [3.8, 4) is 0 Å². The van der Waals surface area contributed by atoms with Crippen LogP contribution in [-0.2, 0) is 4.79 Å². The molecule has 3 nitrogen and oxygen atoms in total. The SMILES string of the molecule is CC(C)CC1=CC2[C@@H](C1)C[C@@]2(CN)CC(=O)O. The largest absolute Gasteiger partial charge is 0.481 e. The second kappa shape index (κ2) is 4.45. The van der Waals surface area contributed by atoms with E-state index in [4.69, 9.17) is 10.8 Å². The van der Waals surface area contributed by atoms with Gasteiger partial charge in [-0.05, 0) is 49.0 Å². The van der Waals surface area contributed by atoms with Crippen LogP contribution in [-0.4, -0.2) is 17.6 Å². The molecule has 17 heavy (non-hydrogen) atoms. The third-order valence-corrected chi connectivity index (χ3v) is 4.40. The average Bonchev–Trinajstić information content (AvgIpc) is 2.52. The lowest BCUT2D eigenvalue weighted by Crippen LogP contribution is -2.51. The van der Waals surface area contributed by atoms with E-state index in [1.165, 1.54) is 12.0 Å². The first-order chi connectivity index (χ1) is 7.97. The van der Waals surface area contributed by atoms with E-state index in [0.717, 1.165) is 12.8 Å². The zero-order chi connectivity index (χ0) is 12.6. The van der Waals surface area contributed by atoms with E-state index < -0.39 is 5.97 Å². The lowest BCUT2D eigenvalue weighted by molar-refractivity contribution is -0.144. The third-order valence-electron chi connectivity index (χ3n) is 4.40. The Morgan fingerprint density at radius 3 is 2.88 bits per heavy atom. The van der Waals surface area contributed by atoms with Crippen molar-refractivity contribution in [2.75, 3.05) is 6.54 Å². The highest BCUT2D eigenvalue weighted by Gasteiger charge is 2.54. The zero-order valence-electron chi connectivity index (χ0n) is 10.8. The summed E-state index contributed by atoms with van der Waals surface area (Å²) < 4.78 is 0. The molecule has 2 aliphatic rings. The van der Waals surface area contributed by atoms with E-state index in [9.17, 15) is 4.79 Å². The molecule has 0 aromatic heterocycles. The molecule has 3 heteroatoms. The molecule has 0 saturated heterocycles. The van der Waals surface area contributed by atoms with Gasteiger partial charge in [-0.2, -0.15) is 0 Å². The van der Waals surface area contributed by atoms with Gasteiger partial charge < -0.3 is 10.8 Å². The second-order valence-corrected chi connectivity index (χ2v) is 6.25. The zero-order valence-corrected chi connectivity index (χ0v) is 10.8. The van der Waals surface area contributed by atoms with Crippen LogP contribution in [0.25, 0.3) is 0 Å². The molecule has 3 N–H and O–H groups in total. The average molecular weight is 237 g/mol. The topological polar surface area (TPSA) is 63.3 Å². The number of rotatable bonds is 5. The molecule has 0 bridgehead atoms. The van der Waals surface area contributed by atoms with Gasteiger partial charge in [0.15, 0.2) is 0 Å². The van der Waals surface area contributed by atoms with Crippen LogP contribution in [0.2, 0.25) is 0 Å². The van der Waals surface area contributed by atoms with Crippen LogP contribution in [0.5, 0.6) is 0 Å². The van der Waals surface area contributed by atoms with Gasteiger partial charge in [-0.3, -0.25) is 4.79 Å². The monoisotopic (exact) mass is 237 g/mol. The molecule has 0 aromatic carbocycles. The highest BCUT2D eigenvalue weighted by Crippen LogP contribution is 2.59.